The lowest BCUT2D eigenvalue weighted by Gasteiger charge is -2.31. The van der Waals surface area contributed by atoms with Gasteiger partial charge in [0.2, 0.25) is 6.79 Å². The van der Waals surface area contributed by atoms with Crippen LogP contribution in [0.1, 0.15) is 37.2 Å². The van der Waals surface area contributed by atoms with Crippen LogP contribution in [0.3, 0.4) is 0 Å². The predicted octanol–water partition coefficient (Wildman–Crippen LogP) is 2.71. The van der Waals surface area contributed by atoms with E-state index in [-0.39, 0.29) is 24.6 Å². The highest BCUT2D eigenvalue weighted by Gasteiger charge is 2.31. The van der Waals surface area contributed by atoms with Crippen LogP contribution in [-0.2, 0) is 16.1 Å². The molecule has 0 aliphatic carbocycles. The molecule has 1 fully saturated rings. The maximum Gasteiger partial charge on any atom is 0.310 e. The van der Waals surface area contributed by atoms with Gasteiger partial charge in [-0.3, -0.25) is 14.3 Å². The van der Waals surface area contributed by atoms with Crippen LogP contribution in [0.5, 0.6) is 11.5 Å². The number of piperidine rings is 1. The number of carbonyl (C=O) groups is 2. The molecule has 8 heteroatoms. The van der Waals surface area contributed by atoms with Crippen molar-refractivity contribution in [1.29, 1.82) is 0 Å². The average Bonchev–Trinajstić information content (AvgIpc) is 3.39. The van der Waals surface area contributed by atoms with Crippen LogP contribution in [0, 0.1) is 5.92 Å². The van der Waals surface area contributed by atoms with E-state index in [1.54, 1.807) is 22.6 Å². The topological polar surface area (TPSA) is 82.9 Å². The Balaban J connectivity index is 1.56. The fraction of sp³-hybridized carbons (Fsp3) is 0.476. The first kappa shape index (κ1) is 19.3. The molecular weight excluding hydrogens is 374 g/mol. The van der Waals surface area contributed by atoms with Gasteiger partial charge < -0.3 is 19.1 Å². The van der Waals surface area contributed by atoms with Crippen molar-refractivity contribution in [3.8, 4) is 22.8 Å². The summed E-state index contributed by atoms with van der Waals surface area (Å²) in [6, 6.07) is 7.50. The Kier molecular flexibility index (Phi) is 5.42. The van der Waals surface area contributed by atoms with Crippen LogP contribution < -0.4 is 9.47 Å². The molecule has 0 radical (unpaired) electrons. The van der Waals surface area contributed by atoms with E-state index in [2.05, 4.69) is 5.10 Å². The lowest BCUT2D eigenvalue weighted by Crippen LogP contribution is -2.43. The third-order valence-electron chi connectivity index (χ3n) is 5.30. The Hall–Kier alpha value is -3.03. The Labute approximate surface area is 169 Å². The Morgan fingerprint density at radius 1 is 1.21 bits per heavy atom. The van der Waals surface area contributed by atoms with Crippen LogP contribution in [0.4, 0.5) is 0 Å². The van der Waals surface area contributed by atoms with Gasteiger partial charge in [-0.05, 0) is 51.0 Å². The highest BCUT2D eigenvalue weighted by molar-refractivity contribution is 5.94. The lowest BCUT2D eigenvalue weighted by molar-refractivity contribution is -0.149. The Morgan fingerprint density at radius 2 is 2.03 bits per heavy atom. The van der Waals surface area contributed by atoms with Crippen molar-refractivity contribution in [1.82, 2.24) is 14.7 Å². The van der Waals surface area contributed by atoms with Gasteiger partial charge in [0.15, 0.2) is 17.2 Å². The van der Waals surface area contributed by atoms with Crippen molar-refractivity contribution in [2.45, 2.75) is 33.2 Å². The maximum absolute atomic E-state index is 13.1. The van der Waals surface area contributed by atoms with Gasteiger partial charge in [-0.15, -0.1) is 0 Å². The summed E-state index contributed by atoms with van der Waals surface area (Å²) in [6.45, 7) is 5.95. The molecule has 1 unspecified atom stereocenters. The summed E-state index contributed by atoms with van der Waals surface area (Å²) < 4.78 is 17.8. The monoisotopic (exact) mass is 399 g/mol. The van der Waals surface area contributed by atoms with Crippen LogP contribution >= 0.6 is 0 Å². The lowest BCUT2D eigenvalue weighted by atomic mass is 9.98. The molecule has 154 valence electrons. The zero-order valence-corrected chi connectivity index (χ0v) is 16.7. The van der Waals surface area contributed by atoms with Gasteiger partial charge in [-0.1, -0.05) is 0 Å². The van der Waals surface area contributed by atoms with Crippen molar-refractivity contribution in [3.05, 3.63) is 30.0 Å². The average molecular weight is 399 g/mol. The van der Waals surface area contributed by atoms with E-state index in [1.165, 1.54) is 0 Å². The van der Waals surface area contributed by atoms with Crippen molar-refractivity contribution in [2.75, 3.05) is 26.5 Å². The van der Waals surface area contributed by atoms with Crippen molar-refractivity contribution >= 4 is 11.9 Å². The van der Waals surface area contributed by atoms with Crippen molar-refractivity contribution in [3.63, 3.8) is 0 Å². The number of aryl methyl sites for hydroxylation is 1. The van der Waals surface area contributed by atoms with Crippen molar-refractivity contribution < 1.29 is 23.8 Å². The number of amides is 1. The van der Waals surface area contributed by atoms with Crippen LogP contribution in [0.15, 0.2) is 24.3 Å². The van der Waals surface area contributed by atoms with Gasteiger partial charge in [-0.2, -0.15) is 5.10 Å². The summed E-state index contributed by atoms with van der Waals surface area (Å²) in [5, 5.41) is 4.52. The van der Waals surface area contributed by atoms with Crippen LogP contribution in [-0.4, -0.2) is 53.0 Å². The minimum atomic E-state index is -0.269. The predicted molar refractivity (Wildman–Crippen MR) is 105 cm³/mol. The fourth-order valence-corrected chi connectivity index (χ4v) is 3.83. The highest BCUT2D eigenvalue weighted by Crippen LogP contribution is 2.36. The molecule has 0 saturated carbocycles. The summed E-state index contributed by atoms with van der Waals surface area (Å²) in [4.78, 5) is 26.9. The van der Waals surface area contributed by atoms with Crippen molar-refractivity contribution in [2.24, 2.45) is 5.92 Å². The Bertz CT molecular complexity index is 923. The molecule has 1 aromatic carbocycles. The van der Waals surface area contributed by atoms with Gasteiger partial charge in [0.25, 0.3) is 5.91 Å². The molecule has 2 aliphatic heterocycles. The number of hydrogen-bond acceptors (Lipinski definition) is 6. The molecule has 4 rings (SSSR count). The van der Waals surface area contributed by atoms with Crippen LogP contribution in [0.2, 0.25) is 0 Å². The molecule has 0 N–H and O–H groups in total. The highest BCUT2D eigenvalue weighted by atomic mass is 16.7. The number of likely N-dealkylation sites (tertiary alicyclic amines) is 1. The normalized spacial score (nSPS) is 18.0. The second kappa shape index (κ2) is 8.14. The molecule has 29 heavy (non-hydrogen) atoms. The zero-order valence-electron chi connectivity index (χ0n) is 16.7. The molecule has 1 saturated heterocycles. The second-order valence-electron chi connectivity index (χ2n) is 7.14. The van der Waals surface area contributed by atoms with E-state index in [1.807, 2.05) is 25.1 Å². The van der Waals surface area contributed by atoms with E-state index in [9.17, 15) is 9.59 Å². The molecule has 0 spiro atoms. The molecule has 3 heterocycles. The summed E-state index contributed by atoms with van der Waals surface area (Å²) >= 11 is 0. The number of carbonyl (C=O) groups excluding carboxylic acids is 2. The standard InChI is InChI=1S/C21H25N3O5/c1-3-24-17(14-7-8-18-19(10-14)29-13-28-18)11-16(22-24)20(25)23-9-5-6-15(12-23)21(26)27-4-2/h7-8,10-11,15H,3-6,9,12-13H2,1-2H3. The number of ether oxygens (including phenoxy) is 3. The van der Waals surface area contributed by atoms with Gasteiger partial charge in [0, 0.05) is 25.2 Å². The first-order valence-electron chi connectivity index (χ1n) is 10.0. The van der Waals surface area contributed by atoms with E-state index in [0.717, 1.165) is 24.1 Å². The fourth-order valence-electron chi connectivity index (χ4n) is 3.83. The van der Waals surface area contributed by atoms with E-state index < -0.39 is 0 Å². The van der Waals surface area contributed by atoms with E-state index in [0.29, 0.717) is 43.4 Å². The third kappa shape index (κ3) is 3.79. The smallest absolute Gasteiger partial charge is 0.310 e. The minimum Gasteiger partial charge on any atom is -0.466 e. The minimum absolute atomic E-state index is 0.159. The number of nitrogens with zero attached hydrogens (tertiary/aromatic N) is 3. The largest absolute Gasteiger partial charge is 0.466 e. The molecule has 0 bridgehead atoms. The molecule has 1 amide bonds. The molecule has 8 nitrogen and oxygen atoms in total. The molecule has 2 aromatic rings. The molecule has 2 aliphatic rings. The first-order chi connectivity index (χ1) is 14.1. The summed E-state index contributed by atoms with van der Waals surface area (Å²) in [5.74, 6) is 0.742. The third-order valence-corrected chi connectivity index (χ3v) is 5.30. The Morgan fingerprint density at radius 3 is 2.83 bits per heavy atom. The van der Waals surface area contributed by atoms with Crippen LogP contribution in [0.25, 0.3) is 11.3 Å². The molecule has 1 atom stereocenters. The zero-order chi connectivity index (χ0) is 20.4. The summed E-state index contributed by atoms with van der Waals surface area (Å²) in [7, 11) is 0. The number of benzene rings is 1. The number of rotatable bonds is 5. The number of aromatic nitrogens is 2. The maximum atomic E-state index is 13.1. The van der Waals surface area contributed by atoms with Gasteiger partial charge in [0.1, 0.15) is 0 Å². The SMILES string of the molecule is CCOC(=O)C1CCCN(C(=O)c2cc(-c3ccc4c(c3)OCO4)n(CC)n2)C1. The quantitative estimate of drug-likeness (QED) is 0.719. The van der Waals surface area contributed by atoms with Gasteiger partial charge in [0.05, 0.1) is 18.2 Å². The van der Waals surface area contributed by atoms with Gasteiger partial charge >= 0.3 is 5.97 Å². The second-order valence-corrected chi connectivity index (χ2v) is 7.14. The summed E-state index contributed by atoms with van der Waals surface area (Å²) in [6.07, 6.45) is 1.52. The number of fused-ring (bicyclic) bond motifs is 1. The molecule has 1 aromatic heterocycles. The first-order valence-corrected chi connectivity index (χ1v) is 10.0. The molecular formula is C21H25N3O5. The van der Waals surface area contributed by atoms with E-state index in [4.69, 9.17) is 14.2 Å². The number of hydrogen-bond donors (Lipinski definition) is 0. The van der Waals surface area contributed by atoms with Gasteiger partial charge in [-0.25, -0.2) is 0 Å². The van der Waals surface area contributed by atoms with E-state index >= 15 is 0 Å². The summed E-state index contributed by atoms with van der Waals surface area (Å²) in [5.41, 5.74) is 2.13. The number of esters is 1.